The van der Waals surface area contributed by atoms with E-state index in [1.54, 1.807) is 6.07 Å². The molecule has 0 aliphatic carbocycles. The van der Waals surface area contributed by atoms with Gasteiger partial charge in [-0.05, 0) is 24.5 Å². The van der Waals surface area contributed by atoms with Crippen LogP contribution in [-0.2, 0) is 6.54 Å². The Bertz CT molecular complexity index is 568. The van der Waals surface area contributed by atoms with E-state index in [1.165, 1.54) is 0 Å². The van der Waals surface area contributed by atoms with E-state index >= 15 is 0 Å². The molecule has 20 heavy (non-hydrogen) atoms. The van der Waals surface area contributed by atoms with Gasteiger partial charge in [0.1, 0.15) is 0 Å². The van der Waals surface area contributed by atoms with Crippen LogP contribution in [0.2, 0.25) is 0 Å². The van der Waals surface area contributed by atoms with E-state index in [4.69, 9.17) is 0 Å². The van der Waals surface area contributed by atoms with Crippen LogP contribution >= 0.6 is 0 Å². The zero-order valence-electron chi connectivity index (χ0n) is 12.0. The summed E-state index contributed by atoms with van der Waals surface area (Å²) in [4.78, 5) is 26.3. The fourth-order valence-corrected chi connectivity index (χ4v) is 3.23. The number of likely N-dealkylation sites (tertiary alicyclic amines) is 1. The van der Waals surface area contributed by atoms with Gasteiger partial charge in [-0.25, -0.2) is 0 Å². The van der Waals surface area contributed by atoms with Gasteiger partial charge >= 0.3 is 0 Å². The molecule has 1 aromatic rings. The molecule has 4 nitrogen and oxygen atoms in total. The molecule has 0 atom stereocenters. The lowest BCUT2D eigenvalue weighted by molar-refractivity contribution is 0.00124. The molecule has 0 bridgehead atoms. The number of carbonyl (C=O) groups excluding carboxylic acids is 2. The summed E-state index contributed by atoms with van der Waals surface area (Å²) >= 11 is 0. The molecule has 0 aromatic heterocycles. The third kappa shape index (κ3) is 1.82. The van der Waals surface area contributed by atoms with Crippen molar-refractivity contribution in [3.8, 4) is 0 Å². The van der Waals surface area contributed by atoms with E-state index in [0.717, 1.165) is 31.5 Å². The Morgan fingerprint density at radius 1 is 1.30 bits per heavy atom. The van der Waals surface area contributed by atoms with E-state index in [1.807, 2.05) is 17.0 Å². The van der Waals surface area contributed by atoms with Crippen molar-refractivity contribution in [2.24, 2.45) is 5.41 Å². The van der Waals surface area contributed by atoms with Gasteiger partial charge in [0.05, 0.1) is 11.1 Å². The summed E-state index contributed by atoms with van der Waals surface area (Å²) in [5, 5.41) is 2.78. The van der Waals surface area contributed by atoms with Crippen molar-refractivity contribution in [3.63, 3.8) is 0 Å². The number of rotatable bonds is 3. The Kier molecular flexibility index (Phi) is 3.04. The van der Waals surface area contributed by atoms with Gasteiger partial charge in [-0.15, -0.1) is 0 Å². The summed E-state index contributed by atoms with van der Waals surface area (Å²) in [7, 11) is 0. The largest absolute Gasteiger partial charge is 0.348 e. The highest BCUT2D eigenvalue weighted by Crippen LogP contribution is 2.38. The monoisotopic (exact) mass is 272 g/mol. The summed E-state index contributed by atoms with van der Waals surface area (Å²) in [5.41, 5.74) is 2.34. The van der Waals surface area contributed by atoms with Crippen LogP contribution in [-0.4, -0.2) is 29.8 Å². The van der Waals surface area contributed by atoms with Gasteiger partial charge in [0.25, 0.3) is 11.8 Å². The fourth-order valence-electron chi connectivity index (χ4n) is 3.23. The Labute approximate surface area is 119 Å². The minimum atomic E-state index is -0.123. The first kappa shape index (κ1) is 13.2. The summed E-state index contributed by atoms with van der Waals surface area (Å²) in [6.07, 6.45) is 2.20. The van der Waals surface area contributed by atoms with Gasteiger partial charge in [0, 0.05) is 25.0 Å². The van der Waals surface area contributed by atoms with Crippen LogP contribution in [0, 0.1) is 5.41 Å². The van der Waals surface area contributed by atoms with E-state index in [9.17, 15) is 9.59 Å². The predicted octanol–water partition coefficient (Wildman–Crippen LogP) is 2.19. The topological polar surface area (TPSA) is 49.4 Å². The Hall–Kier alpha value is -1.84. The van der Waals surface area contributed by atoms with Crippen LogP contribution in [0.25, 0.3) is 0 Å². The van der Waals surface area contributed by atoms with Crippen LogP contribution in [0.1, 0.15) is 53.0 Å². The van der Waals surface area contributed by atoms with Gasteiger partial charge in [0.2, 0.25) is 0 Å². The molecule has 1 saturated heterocycles. The lowest BCUT2D eigenvalue weighted by atomic mass is 9.75. The molecule has 2 aliphatic rings. The standard InChI is InChI=1S/C16H20N2O2/c1-3-16(4-2)9-18(10-16)15(20)12-7-5-6-11-8-17-14(19)13(11)12/h5-7H,3-4,8-10H2,1-2H3,(H,17,19). The zero-order chi connectivity index (χ0) is 14.3. The maximum atomic E-state index is 12.6. The van der Waals surface area contributed by atoms with Gasteiger partial charge in [-0.2, -0.15) is 0 Å². The van der Waals surface area contributed by atoms with E-state index in [2.05, 4.69) is 19.2 Å². The number of fused-ring (bicyclic) bond motifs is 1. The molecule has 2 heterocycles. The normalized spacial score (nSPS) is 19.3. The van der Waals surface area contributed by atoms with Crippen molar-refractivity contribution >= 4 is 11.8 Å². The third-order valence-corrected chi connectivity index (χ3v) is 4.89. The highest BCUT2D eigenvalue weighted by atomic mass is 16.2. The van der Waals surface area contributed by atoms with Crippen LogP contribution in [0.3, 0.4) is 0 Å². The summed E-state index contributed by atoms with van der Waals surface area (Å²) in [5.74, 6) is -0.127. The molecule has 4 heteroatoms. The number of hydrogen-bond acceptors (Lipinski definition) is 2. The molecule has 3 rings (SSSR count). The average molecular weight is 272 g/mol. The van der Waals surface area contributed by atoms with Crippen LogP contribution in [0.5, 0.6) is 0 Å². The molecule has 1 aromatic carbocycles. The lowest BCUT2D eigenvalue weighted by Gasteiger charge is -2.49. The Morgan fingerprint density at radius 3 is 2.65 bits per heavy atom. The van der Waals surface area contributed by atoms with E-state index in [-0.39, 0.29) is 17.2 Å². The molecule has 0 spiro atoms. The molecular weight excluding hydrogens is 252 g/mol. The first-order chi connectivity index (χ1) is 9.60. The fraction of sp³-hybridized carbons (Fsp3) is 0.500. The molecule has 0 radical (unpaired) electrons. The van der Waals surface area contributed by atoms with Gasteiger partial charge in [-0.3, -0.25) is 9.59 Å². The first-order valence-corrected chi connectivity index (χ1v) is 7.29. The molecule has 0 saturated carbocycles. The SMILES string of the molecule is CCC1(CC)CN(C(=O)c2cccc3c2C(=O)NC3)C1. The quantitative estimate of drug-likeness (QED) is 0.917. The maximum absolute atomic E-state index is 12.6. The van der Waals surface area contributed by atoms with Crippen molar-refractivity contribution in [2.45, 2.75) is 33.2 Å². The smallest absolute Gasteiger partial charge is 0.254 e. The van der Waals surface area contributed by atoms with Crippen molar-refractivity contribution < 1.29 is 9.59 Å². The molecule has 0 unspecified atom stereocenters. The number of nitrogens with zero attached hydrogens (tertiary/aromatic N) is 1. The number of carbonyl (C=O) groups is 2. The van der Waals surface area contributed by atoms with Gasteiger partial charge in [-0.1, -0.05) is 26.0 Å². The first-order valence-electron chi connectivity index (χ1n) is 7.29. The molecule has 106 valence electrons. The highest BCUT2D eigenvalue weighted by Gasteiger charge is 2.43. The highest BCUT2D eigenvalue weighted by molar-refractivity contribution is 6.09. The molecular formula is C16H20N2O2. The average Bonchev–Trinajstić information content (AvgIpc) is 2.80. The van der Waals surface area contributed by atoms with Crippen LogP contribution in [0.15, 0.2) is 18.2 Å². The van der Waals surface area contributed by atoms with Crippen LogP contribution in [0.4, 0.5) is 0 Å². The molecule has 1 N–H and O–H groups in total. The van der Waals surface area contributed by atoms with Crippen molar-refractivity contribution in [2.75, 3.05) is 13.1 Å². The second-order valence-corrected chi connectivity index (χ2v) is 5.89. The molecule has 2 amide bonds. The molecule has 2 aliphatic heterocycles. The number of hydrogen-bond donors (Lipinski definition) is 1. The van der Waals surface area contributed by atoms with Gasteiger partial charge in [0.15, 0.2) is 0 Å². The maximum Gasteiger partial charge on any atom is 0.254 e. The van der Waals surface area contributed by atoms with Crippen LogP contribution < -0.4 is 5.32 Å². The number of nitrogens with one attached hydrogen (secondary N) is 1. The van der Waals surface area contributed by atoms with Crippen molar-refractivity contribution in [1.82, 2.24) is 10.2 Å². The molecule has 1 fully saturated rings. The summed E-state index contributed by atoms with van der Waals surface area (Å²) in [6.45, 7) is 6.51. The third-order valence-electron chi connectivity index (χ3n) is 4.89. The second kappa shape index (κ2) is 4.62. The minimum Gasteiger partial charge on any atom is -0.348 e. The lowest BCUT2D eigenvalue weighted by Crippen LogP contribution is -2.58. The number of amides is 2. The second-order valence-electron chi connectivity index (χ2n) is 5.89. The predicted molar refractivity (Wildman–Crippen MR) is 76.5 cm³/mol. The minimum absolute atomic E-state index is 0.00331. The van der Waals surface area contributed by atoms with E-state index < -0.39 is 0 Å². The summed E-state index contributed by atoms with van der Waals surface area (Å²) in [6, 6.07) is 5.53. The summed E-state index contributed by atoms with van der Waals surface area (Å²) < 4.78 is 0. The van der Waals surface area contributed by atoms with Gasteiger partial charge < -0.3 is 10.2 Å². The van der Waals surface area contributed by atoms with Crippen molar-refractivity contribution in [1.29, 1.82) is 0 Å². The number of benzene rings is 1. The van der Waals surface area contributed by atoms with Crippen molar-refractivity contribution in [3.05, 3.63) is 34.9 Å². The Balaban J connectivity index is 1.84. The Morgan fingerprint density at radius 2 is 2.00 bits per heavy atom. The zero-order valence-corrected chi connectivity index (χ0v) is 12.0. The van der Waals surface area contributed by atoms with E-state index in [0.29, 0.717) is 17.7 Å².